The second-order valence-corrected chi connectivity index (χ2v) is 6.72. The van der Waals surface area contributed by atoms with Crippen molar-refractivity contribution in [1.29, 1.82) is 0 Å². The summed E-state index contributed by atoms with van der Waals surface area (Å²) >= 11 is 0. The Hall–Kier alpha value is -1.22. The van der Waals surface area contributed by atoms with Crippen LogP contribution in [0.5, 0.6) is 0 Å². The van der Waals surface area contributed by atoms with E-state index in [0.29, 0.717) is 12.4 Å². The molecule has 1 unspecified atom stereocenters. The third kappa shape index (κ3) is 3.70. The summed E-state index contributed by atoms with van der Waals surface area (Å²) in [7, 11) is -3.66. The van der Waals surface area contributed by atoms with Gasteiger partial charge in [-0.2, -0.15) is 4.31 Å². The van der Waals surface area contributed by atoms with Crippen molar-refractivity contribution in [3.63, 3.8) is 0 Å². The number of hydrogen-bond acceptors (Lipinski definition) is 6. The van der Waals surface area contributed by atoms with Crippen molar-refractivity contribution in [2.24, 2.45) is 0 Å². The van der Waals surface area contributed by atoms with E-state index in [1.54, 1.807) is 0 Å². The van der Waals surface area contributed by atoms with Crippen molar-refractivity contribution in [3.05, 3.63) is 18.3 Å². The summed E-state index contributed by atoms with van der Waals surface area (Å²) in [6.45, 7) is 3.28. The van der Waals surface area contributed by atoms with Gasteiger partial charge in [-0.05, 0) is 12.5 Å². The Bertz CT molecular complexity index is 564. The van der Waals surface area contributed by atoms with Crippen molar-refractivity contribution < 1.29 is 18.3 Å². The minimum atomic E-state index is -3.66. The molecule has 1 aromatic heterocycles. The molecule has 1 fully saturated rings. The number of nitrogens with one attached hydrogen (secondary N) is 1. The fourth-order valence-electron chi connectivity index (χ4n) is 2.16. The third-order valence-corrected chi connectivity index (χ3v) is 5.23. The molecule has 0 aromatic carbocycles. The van der Waals surface area contributed by atoms with E-state index >= 15 is 0 Å². The lowest BCUT2D eigenvalue weighted by Gasteiger charge is -2.33. The molecule has 7 nitrogen and oxygen atoms in total. The van der Waals surface area contributed by atoms with E-state index in [1.807, 2.05) is 6.92 Å². The van der Waals surface area contributed by atoms with E-state index < -0.39 is 16.1 Å². The van der Waals surface area contributed by atoms with Gasteiger partial charge in [-0.15, -0.1) is 0 Å². The lowest BCUT2D eigenvalue weighted by Crippen LogP contribution is -2.50. The van der Waals surface area contributed by atoms with E-state index in [-0.39, 0.29) is 24.7 Å². The standard InChI is InChI=1S/C13H21N3O4S/c1-2-4-14-13-8-12(3-5-15-13)21(18,19)16-6-7-20-10-11(16)9-17/h3,5,8,11,17H,2,4,6-7,9-10H2,1H3,(H,14,15). The van der Waals surface area contributed by atoms with Crippen LogP contribution in [0.25, 0.3) is 0 Å². The molecule has 0 aliphatic carbocycles. The van der Waals surface area contributed by atoms with Crippen LogP contribution in [-0.4, -0.2) is 61.8 Å². The molecule has 1 saturated heterocycles. The zero-order chi connectivity index (χ0) is 15.3. The molecular formula is C13H21N3O4S. The first-order valence-corrected chi connectivity index (χ1v) is 8.44. The highest BCUT2D eigenvalue weighted by Gasteiger charge is 2.33. The molecule has 1 atom stereocenters. The first-order valence-electron chi connectivity index (χ1n) is 7.00. The van der Waals surface area contributed by atoms with Gasteiger partial charge in [0.1, 0.15) is 5.82 Å². The van der Waals surface area contributed by atoms with E-state index in [1.165, 1.54) is 22.6 Å². The Kier molecular flexibility index (Phi) is 5.51. The molecule has 2 rings (SSSR count). The normalized spacial score (nSPS) is 20.4. The first kappa shape index (κ1) is 16.2. The van der Waals surface area contributed by atoms with Crippen LogP contribution in [0.4, 0.5) is 5.82 Å². The van der Waals surface area contributed by atoms with Gasteiger partial charge in [0.15, 0.2) is 0 Å². The van der Waals surface area contributed by atoms with E-state index in [9.17, 15) is 13.5 Å². The van der Waals surface area contributed by atoms with Gasteiger partial charge in [-0.3, -0.25) is 0 Å². The fraction of sp³-hybridized carbons (Fsp3) is 0.615. The minimum Gasteiger partial charge on any atom is -0.395 e. The Morgan fingerprint density at radius 1 is 1.57 bits per heavy atom. The Morgan fingerprint density at radius 2 is 2.38 bits per heavy atom. The second kappa shape index (κ2) is 7.17. The number of aliphatic hydroxyl groups excluding tert-OH is 1. The number of morpholine rings is 1. The number of ether oxygens (including phenoxy) is 1. The number of pyridine rings is 1. The number of aliphatic hydroxyl groups is 1. The predicted molar refractivity (Wildman–Crippen MR) is 78.6 cm³/mol. The third-order valence-electron chi connectivity index (χ3n) is 3.28. The van der Waals surface area contributed by atoms with Gasteiger partial charge in [-0.25, -0.2) is 13.4 Å². The smallest absolute Gasteiger partial charge is 0.243 e. The molecule has 21 heavy (non-hydrogen) atoms. The zero-order valence-corrected chi connectivity index (χ0v) is 12.8. The summed E-state index contributed by atoms with van der Waals surface area (Å²) in [5.41, 5.74) is 0. The van der Waals surface area contributed by atoms with Gasteiger partial charge < -0.3 is 15.2 Å². The fourth-order valence-corrected chi connectivity index (χ4v) is 3.76. The first-order chi connectivity index (χ1) is 10.1. The van der Waals surface area contributed by atoms with Crippen LogP contribution in [0.1, 0.15) is 13.3 Å². The molecule has 1 aliphatic heterocycles. The summed E-state index contributed by atoms with van der Waals surface area (Å²) in [5, 5.41) is 12.4. The molecule has 0 amide bonds. The molecule has 0 spiro atoms. The topological polar surface area (TPSA) is 91.8 Å². The summed E-state index contributed by atoms with van der Waals surface area (Å²) < 4.78 is 31.9. The van der Waals surface area contributed by atoms with Crippen molar-refractivity contribution in [1.82, 2.24) is 9.29 Å². The van der Waals surface area contributed by atoms with Gasteiger partial charge in [0.2, 0.25) is 10.0 Å². The number of hydrogen-bond donors (Lipinski definition) is 2. The molecule has 0 bridgehead atoms. The van der Waals surface area contributed by atoms with Crippen molar-refractivity contribution in [3.8, 4) is 0 Å². The van der Waals surface area contributed by atoms with E-state index in [4.69, 9.17) is 4.74 Å². The van der Waals surface area contributed by atoms with Crippen molar-refractivity contribution >= 4 is 15.8 Å². The molecule has 2 N–H and O–H groups in total. The Balaban J connectivity index is 2.25. The maximum absolute atomic E-state index is 12.7. The lowest BCUT2D eigenvalue weighted by molar-refractivity contribution is 0.0109. The number of rotatable bonds is 6. The monoisotopic (exact) mass is 315 g/mol. The average molecular weight is 315 g/mol. The summed E-state index contributed by atoms with van der Waals surface area (Å²) in [5.74, 6) is 0.534. The molecular weight excluding hydrogens is 294 g/mol. The maximum atomic E-state index is 12.7. The van der Waals surface area contributed by atoms with Crippen LogP contribution in [-0.2, 0) is 14.8 Å². The molecule has 0 saturated carbocycles. The lowest BCUT2D eigenvalue weighted by atomic mass is 10.3. The average Bonchev–Trinajstić information content (AvgIpc) is 2.53. The highest BCUT2D eigenvalue weighted by Crippen LogP contribution is 2.21. The molecule has 8 heteroatoms. The molecule has 1 aliphatic rings. The highest BCUT2D eigenvalue weighted by molar-refractivity contribution is 7.89. The predicted octanol–water partition coefficient (Wildman–Crippen LogP) is 0.285. The largest absolute Gasteiger partial charge is 0.395 e. The van der Waals surface area contributed by atoms with Crippen LogP contribution >= 0.6 is 0 Å². The Labute approximate surface area is 125 Å². The van der Waals surface area contributed by atoms with Crippen LogP contribution in [0.15, 0.2) is 23.2 Å². The van der Waals surface area contributed by atoms with E-state index in [0.717, 1.165) is 13.0 Å². The van der Waals surface area contributed by atoms with Crippen LogP contribution in [0, 0.1) is 0 Å². The summed E-state index contributed by atoms with van der Waals surface area (Å²) in [6, 6.07) is 2.45. The number of aromatic nitrogens is 1. The van der Waals surface area contributed by atoms with Gasteiger partial charge in [0.25, 0.3) is 0 Å². The van der Waals surface area contributed by atoms with Crippen molar-refractivity contribution in [2.45, 2.75) is 24.3 Å². The summed E-state index contributed by atoms with van der Waals surface area (Å²) in [4.78, 5) is 4.28. The number of sulfonamides is 1. The van der Waals surface area contributed by atoms with E-state index in [2.05, 4.69) is 10.3 Å². The molecule has 0 radical (unpaired) electrons. The van der Waals surface area contributed by atoms with Gasteiger partial charge in [0, 0.05) is 25.4 Å². The zero-order valence-electron chi connectivity index (χ0n) is 12.0. The second-order valence-electron chi connectivity index (χ2n) is 4.83. The summed E-state index contributed by atoms with van der Waals surface area (Å²) in [6.07, 6.45) is 2.40. The minimum absolute atomic E-state index is 0.177. The maximum Gasteiger partial charge on any atom is 0.243 e. The van der Waals surface area contributed by atoms with Gasteiger partial charge in [0.05, 0.1) is 30.8 Å². The molecule has 118 valence electrons. The molecule has 1 aromatic rings. The number of anilines is 1. The van der Waals surface area contributed by atoms with Gasteiger partial charge in [-0.1, -0.05) is 6.92 Å². The number of nitrogens with zero attached hydrogens (tertiary/aromatic N) is 2. The SMILES string of the molecule is CCCNc1cc(S(=O)(=O)N2CCOCC2CO)ccn1. The Morgan fingerprint density at radius 3 is 3.10 bits per heavy atom. The highest BCUT2D eigenvalue weighted by atomic mass is 32.2. The van der Waals surface area contributed by atoms with Crippen LogP contribution < -0.4 is 5.32 Å². The van der Waals surface area contributed by atoms with Crippen LogP contribution in [0.3, 0.4) is 0 Å². The molecule has 2 heterocycles. The van der Waals surface area contributed by atoms with Crippen LogP contribution in [0.2, 0.25) is 0 Å². The quantitative estimate of drug-likeness (QED) is 0.784. The van der Waals surface area contributed by atoms with Gasteiger partial charge >= 0.3 is 0 Å². The van der Waals surface area contributed by atoms with Crippen molar-refractivity contribution in [2.75, 3.05) is 38.2 Å².